The van der Waals surface area contributed by atoms with Crippen molar-refractivity contribution in [3.63, 3.8) is 0 Å². The third-order valence-corrected chi connectivity index (χ3v) is 2.25. The van der Waals surface area contributed by atoms with E-state index in [1.165, 1.54) is 11.3 Å². The van der Waals surface area contributed by atoms with E-state index < -0.39 is 0 Å². The summed E-state index contributed by atoms with van der Waals surface area (Å²) in [6, 6.07) is 10.4. The third kappa shape index (κ3) is 3.26. The van der Waals surface area contributed by atoms with Gasteiger partial charge in [-0.3, -0.25) is 4.90 Å². The summed E-state index contributed by atoms with van der Waals surface area (Å²) in [5, 5.41) is 8.59. The van der Waals surface area contributed by atoms with Gasteiger partial charge in [-0.15, -0.1) is 0 Å². The van der Waals surface area contributed by atoms with Crippen LogP contribution in [0.4, 0.5) is 5.69 Å². The molecule has 0 bridgehead atoms. The Labute approximate surface area is 91.5 Å². The van der Waals surface area contributed by atoms with Crippen LogP contribution in [0.25, 0.3) is 0 Å². The largest absolute Gasteiger partial charge is 0.377 e. The second-order valence-corrected chi connectivity index (χ2v) is 3.85. The van der Waals surface area contributed by atoms with Gasteiger partial charge in [-0.1, -0.05) is 18.2 Å². The molecule has 0 amide bonds. The van der Waals surface area contributed by atoms with Crippen molar-refractivity contribution in [2.45, 2.75) is 6.54 Å². The van der Waals surface area contributed by atoms with Crippen molar-refractivity contribution >= 4 is 5.69 Å². The first kappa shape index (κ1) is 11.5. The minimum atomic E-state index is 0.460. The van der Waals surface area contributed by atoms with E-state index in [0.717, 1.165) is 6.54 Å². The SMILES string of the molecule is CN(CC#N)Cc1ccccc1N(C)C. The molecule has 0 saturated carbocycles. The first-order chi connectivity index (χ1) is 7.15. The number of para-hydroxylation sites is 1. The lowest BCUT2D eigenvalue weighted by molar-refractivity contribution is 0.368. The van der Waals surface area contributed by atoms with Gasteiger partial charge in [0.1, 0.15) is 0 Å². The smallest absolute Gasteiger partial charge is 0.0866 e. The molecule has 0 radical (unpaired) electrons. The van der Waals surface area contributed by atoms with Crippen molar-refractivity contribution in [3.05, 3.63) is 29.8 Å². The molecular weight excluding hydrogens is 186 g/mol. The highest BCUT2D eigenvalue weighted by atomic mass is 15.1. The van der Waals surface area contributed by atoms with E-state index in [-0.39, 0.29) is 0 Å². The second kappa shape index (κ2) is 5.38. The quantitative estimate of drug-likeness (QED) is 0.698. The lowest BCUT2D eigenvalue weighted by Gasteiger charge is -2.20. The predicted molar refractivity (Wildman–Crippen MR) is 62.7 cm³/mol. The number of hydrogen-bond acceptors (Lipinski definition) is 3. The lowest BCUT2D eigenvalue weighted by Crippen LogP contribution is -2.20. The first-order valence-electron chi connectivity index (χ1n) is 4.96. The molecule has 1 aromatic rings. The summed E-state index contributed by atoms with van der Waals surface area (Å²) in [4.78, 5) is 4.10. The Morgan fingerprint density at radius 2 is 1.87 bits per heavy atom. The first-order valence-corrected chi connectivity index (χ1v) is 4.96. The van der Waals surface area contributed by atoms with Crippen LogP contribution in [0.3, 0.4) is 0 Å². The highest BCUT2D eigenvalue weighted by Crippen LogP contribution is 2.18. The van der Waals surface area contributed by atoms with Gasteiger partial charge in [-0.05, 0) is 18.7 Å². The molecule has 0 saturated heterocycles. The standard InChI is InChI=1S/C12H17N3/c1-14(2)12-7-5-4-6-11(12)10-15(3)9-8-13/h4-7H,9-10H2,1-3H3. The monoisotopic (exact) mass is 203 g/mol. The van der Waals surface area contributed by atoms with Crippen LogP contribution in [0.15, 0.2) is 24.3 Å². The summed E-state index contributed by atoms with van der Waals surface area (Å²) in [6.07, 6.45) is 0. The zero-order valence-corrected chi connectivity index (χ0v) is 9.57. The maximum absolute atomic E-state index is 8.59. The average molecular weight is 203 g/mol. The van der Waals surface area contributed by atoms with Crippen molar-refractivity contribution in [2.24, 2.45) is 0 Å². The molecule has 1 rings (SSSR count). The van der Waals surface area contributed by atoms with Crippen LogP contribution in [-0.4, -0.2) is 32.6 Å². The molecule has 3 heteroatoms. The molecule has 0 unspecified atom stereocenters. The molecule has 0 N–H and O–H groups in total. The van der Waals surface area contributed by atoms with E-state index in [0.29, 0.717) is 6.54 Å². The topological polar surface area (TPSA) is 30.3 Å². The number of nitriles is 1. The van der Waals surface area contributed by atoms with Crippen molar-refractivity contribution in [1.82, 2.24) is 4.90 Å². The number of rotatable bonds is 4. The maximum Gasteiger partial charge on any atom is 0.0866 e. The fourth-order valence-electron chi connectivity index (χ4n) is 1.55. The summed E-state index contributed by atoms with van der Waals surface area (Å²) in [5.41, 5.74) is 2.46. The molecule has 80 valence electrons. The van der Waals surface area contributed by atoms with Gasteiger partial charge in [0, 0.05) is 26.3 Å². The van der Waals surface area contributed by atoms with Crippen LogP contribution in [0.2, 0.25) is 0 Å². The molecule has 0 heterocycles. The van der Waals surface area contributed by atoms with Crippen molar-refractivity contribution in [1.29, 1.82) is 5.26 Å². The van der Waals surface area contributed by atoms with Gasteiger partial charge in [-0.2, -0.15) is 5.26 Å². The Balaban J connectivity index is 2.80. The molecule has 15 heavy (non-hydrogen) atoms. The van der Waals surface area contributed by atoms with E-state index >= 15 is 0 Å². The number of hydrogen-bond donors (Lipinski definition) is 0. The number of anilines is 1. The fourth-order valence-corrected chi connectivity index (χ4v) is 1.55. The number of benzene rings is 1. The summed E-state index contributed by atoms with van der Waals surface area (Å²) < 4.78 is 0. The van der Waals surface area contributed by atoms with Crippen LogP contribution in [0.5, 0.6) is 0 Å². The van der Waals surface area contributed by atoms with E-state index in [1.807, 2.05) is 38.2 Å². The van der Waals surface area contributed by atoms with Gasteiger partial charge in [-0.25, -0.2) is 0 Å². The Morgan fingerprint density at radius 1 is 1.20 bits per heavy atom. The Kier molecular flexibility index (Phi) is 4.14. The zero-order chi connectivity index (χ0) is 11.3. The Hall–Kier alpha value is -1.53. The zero-order valence-electron chi connectivity index (χ0n) is 9.57. The highest BCUT2D eigenvalue weighted by molar-refractivity contribution is 5.52. The minimum absolute atomic E-state index is 0.460. The second-order valence-electron chi connectivity index (χ2n) is 3.85. The summed E-state index contributed by atoms with van der Waals surface area (Å²) in [6.45, 7) is 1.27. The molecule has 1 aromatic carbocycles. The molecule has 3 nitrogen and oxygen atoms in total. The Morgan fingerprint density at radius 3 is 2.47 bits per heavy atom. The normalized spacial score (nSPS) is 10.1. The molecular formula is C12H17N3. The molecule has 0 aliphatic carbocycles. The van der Waals surface area contributed by atoms with Gasteiger partial charge in [0.15, 0.2) is 0 Å². The van der Waals surface area contributed by atoms with Crippen molar-refractivity contribution in [2.75, 3.05) is 32.6 Å². The van der Waals surface area contributed by atoms with Gasteiger partial charge >= 0.3 is 0 Å². The Bertz CT molecular complexity index is 352. The molecule has 0 atom stereocenters. The summed E-state index contributed by atoms with van der Waals surface area (Å²) >= 11 is 0. The van der Waals surface area contributed by atoms with E-state index in [4.69, 9.17) is 5.26 Å². The molecule has 0 aromatic heterocycles. The minimum Gasteiger partial charge on any atom is -0.377 e. The van der Waals surface area contributed by atoms with Crippen molar-refractivity contribution < 1.29 is 0 Å². The van der Waals surface area contributed by atoms with Crippen molar-refractivity contribution in [3.8, 4) is 6.07 Å². The van der Waals surface area contributed by atoms with Crippen LogP contribution in [0, 0.1) is 11.3 Å². The highest BCUT2D eigenvalue weighted by Gasteiger charge is 2.05. The lowest BCUT2D eigenvalue weighted by atomic mass is 10.1. The predicted octanol–water partition coefficient (Wildman–Crippen LogP) is 1.71. The van der Waals surface area contributed by atoms with Gasteiger partial charge in [0.2, 0.25) is 0 Å². The van der Waals surface area contributed by atoms with Crippen LogP contribution >= 0.6 is 0 Å². The molecule has 0 spiro atoms. The van der Waals surface area contributed by atoms with Crippen LogP contribution in [-0.2, 0) is 6.54 Å². The van der Waals surface area contributed by atoms with E-state index in [1.54, 1.807) is 0 Å². The number of nitrogens with zero attached hydrogens (tertiary/aromatic N) is 3. The van der Waals surface area contributed by atoms with E-state index in [2.05, 4.69) is 23.1 Å². The molecule has 0 aliphatic rings. The summed E-state index contributed by atoms with van der Waals surface area (Å²) in [5.74, 6) is 0. The third-order valence-electron chi connectivity index (χ3n) is 2.25. The van der Waals surface area contributed by atoms with E-state index in [9.17, 15) is 0 Å². The van der Waals surface area contributed by atoms with Gasteiger partial charge in [0.05, 0.1) is 12.6 Å². The van der Waals surface area contributed by atoms with Crippen LogP contribution < -0.4 is 4.90 Å². The molecule has 0 aliphatic heterocycles. The van der Waals surface area contributed by atoms with Gasteiger partial charge in [0.25, 0.3) is 0 Å². The maximum atomic E-state index is 8.59. The molecule has 0 fully saturated rings. The van der Waals surface area contributed by atoms with Crippen LogP contribution in [0.1, 0.15) is 5.56 Å². The fraction of sp³-hybridized carbons (Fsp3) is 0.417. The average Bonchev–Trinajstić information content (AvgIpc) is 2.18. The van der Waals surface area contributed by atoms with Gasteiger partial charge < -0.3 is 4.90 Å². The summed E-state index contributed by atoms with van der Waals surface area (Å²) in [7, 11) is 6.02.